The zero-order chi connectivity index (χ0) is 25.4. The van der Waals surface area contributed by atoms with Crippen molar-refractivity contribution in [1.82, 2.24) is 4.90 Å². The van der Waals surface area contributed by atoms with Crippen LogP contribution in [0.1, 0.15) is 46.5 Å². The maximum atomic E-state index is 13.7. The Morgan fingerprint density at radius 2 is 1.79 bits per heavy atom. The number of ether oxygens (including phenoxy) is 2. The third-order valence-electron chi connectivity index (χ3n) is 7.81. The molecule has 3 saturated carbocycles. The van der Waals surface area contributed by atoms with E-state index >= 15 is 0 Å². The van der Waals surface area contributed by atoms with E-state index in [1.165, 1.54) is 0 Å². The highest BCUT2D eigenvalue weighted by molar-refractivity contribution is 7.85. The number of nitrogens with zero attached hydrogens (tertiary/aromatic N) is 1. The third-order valence-corrected chi connectivity index (χ3v) is 8.73. The minimum Gasteiger partial charge on any atom is -0.460 e. The van der Waals surface area contributed by atoms with E-state index < -0.39 is 81.3 Å². The Hall–Kier alpha value is -1.89. The fourth-order valence-corrected chi connectivity index (χ4v) is 7.03. The topological polar surface area (TPSA) is 127 Å². The summed E-state index contributed by atoms with van der Waals surface area (Å²) in [4.78, 5) is 40.5. The van der Waals surface area contributed by atoms with Gasteiger partial charge >= 0.3 is 18.1 Å². The lowest BCUT2D eigenvalue weighted by Crippen LogP contribution is -2.54. The van der Waals surface area contributed by atoms with Crippen molar-refractivity contribution in [3.63, 3.8) is 0 Å². The van der Waals surface area contributed by atoms with Gasteiger partial charge in [0.05, 0.1) is 23.8 Å². The SMILES string of the molecule is CC(C)N1C(=O)C2C3CC(C(OC(=O)C4CCC4)C31)C2C(=O)OC(C)(CS(=O)(=O)O)C(F)(F)F. The van der Waals surface area contributed by atoms with E-state index in [0.29, 0.717) is 26.2 Å². The molecule has 1 aliphatic heterocycles. The number of fused-ring (bicyclic) bond motifs is 1. The summed E-state index contributed by atoms with van der Waals surface area (Å²) in [6, 6.07) is -0.759. The van der Waals surface area contributed by atoms with E-state index in [4.69, 9.17) is 14.0 Å². The number of amides is 1. The average Bonchev–Trinajstić information content (AvgIpc) is 3.19. The van der Waals surface area contributed by atoms with Crippen molar-refractivity contribution >= 4 is 28.0 Å². The van der Waals surface area contributed by atoms with Gasteiger partial charge in [-0.25, -0.2) is 0 Å². The lowest BCUT2D eigenvalue weighted by molar-refractivity contribution is -0.259. The normalized spacial score (nSPS) is 34.8. The second-order valence-corrected chi connectivity index (χ2v) is 11.8. The van der Waals surface area contributed by atoms with E-state index in [-0.39, 0.29) is 12.0 Å². The Labute approximate surface area is 195 Å². The summed E-state index contributed by atoms with van der Waals surface area (Å²) in [6.45, 7) is 3.89. The van der Waals surface area contributed by atoms with Gasteiger partial charge in [0.25, 0.3) is 10.1 Å². The molecule has 1 saturated heterocycles. The van der Waals surface area contributed by atoms with Gasteiger partial charge in [0.15, 0.2) is 0 Å². The largest absolute Gasteiger partial charge is 0.460 e. The van der Waals surface area contributed by atoms with Crippen molar-refractivity contribution in [2.75, 3.05) is 5.75 Å². The Morgan fingerprint density at radius 1 is 1.18 bits per heavy atom. The lowest BCUT2D eigenvalue weighted by Gasteiger charge is -2.38. The van der Waals surface area contributed by atoms with Crippen LogP contribution in [-0.4, -0.2) is 71.4 Å². The van der Waals surface area contributed by atoms with Gasteiger partial charge in [-0.1, -0.05) is 6.42 Å². The van der Waals surface area contributed by atoms with Gasteiger partial charge in [0.2, 0.25) is 11.5 Å². The number of likely N-dealkylation sites (tertiary alicyclic amines) is 1. The van der Waals surface area contributed by atoms with Crippen LogP contribution >= 0.6 is 0 Å². The summed E-state index contributed by atoms with van der Waals surface area (Å²) in [6.07, 6.45) is -3.64. The van der Waals surface area contributed by atoms with Gasteiger partial charge in [-0.2, -0.15) is 21.6 Å². The standard InChI is InChI=1S/C21H28F3NO8S/c1-9(2)25-15-11-7-12(16(15)32-18(27)10-5-4-6-10)14(13(11)17(25)26)19(28)33-20(3,21(22,23)24)8-34(29,30)31/h9-16H,4-8H2,1-3H3,(H,29,30,31). The first-order valence-electron chi connectivity index (χ1n) is 11.3. The monoisotopic (exact) mass is 511 g/mol. The van der Waals surface area contributed by atoms with Crippen LogP contribution in [-0.2, 0) is 34.0 Å². The minimum atomic E-state index is -5.31. The lowest BCUT2D eigenvalue weighted by atomic mass is 9.78. The summed E-state index contributed by atoms with van der Waals surface area (Å²) >= 11 is 0. The van der Waals surface area contributed by atoms with Gasteiger partial charge in [0.1, 0.15) is 11.9 Å². The van der Waals surface area contributed by atoms with Crippen LogP contribution in [0.4, 0.5) is 13.2 Å². The number of esters is 2. The zero-order valence-corrected chi connectivity index (χ0v) is 19.8. The van der Waals surface area contributed by atoms with Crippen molar-refractivity contribution in [2.24, 2.45) is 29.6 Å². The molecule has 34 heavy (non-hydrogen) atoms. The number of halogens is 3. The van der Waals surface area contributed by atoms with E-state index in [1.807, 2.05) is 0 Å². The van der Waals surface area contributed by atoms with Crippen LogP contribution in [0.5, 0.6) is 0 Å². The number of hydrogen-bond acceptors (Lipinski definition) is 7. The molecule has 0 spiro atoms. The molecule has 0 aromatic heterocycles. The smallest absolute Gasteiger partial charge is 0.429 e. The van der Waals surface area contributed by atoms with Crippen LogP contribution in [0.2, 0.25) is 0 Å². The van der Waals surface area contributed by atoms with Crippen molar-refractivity contribution < 1.29 is 50.0 Å². The van der Waals surface area contributed by atoms with Crippen molar-refractivity contribution in [1.29, 1.82) is 0 Å². The first-order valence-corrected chi connectivity index (χ1v) is 12.9. The van der Waals surface area contributed by atoms with E-state index in [0.717, 1.165) is 6.42 Å². The fourth-order valence-electron chi connectivity index (χ4n) is 6.11. The van der Waals surface area contributed by atoms with Crippen LogP contribution in [0.3, 0.4) is 0 Å². The minimum absolute atomic E-state index is 0.270. The van der Waals surface area contributed by atoms with Gasteiger partial charge in [-0.3, -0.25) is 18.9 Å². The molecule has 1 amide bonds. The van der Waals surface area contributed by atoms with Gasteiger partial charge < -0.3 is 14.4 Å². The molecule has 0 aromatic rings. The van der Waals surface area contributed by atoms with E-state index in [1.54, 1.807) is 18.7 Å². The second-order valence-electron chi connectivity index (χ2n) is 10.4. The molecule has 4 aliphatic rings. The molecular formula is C21H28F3NO8S. The number of rotatable bonds is 7. The molecular weight excluding hydrogens is 483 g/mol. The molecule has 9 nitrogen and oxygen atoms in total. The number of carbonyl (C=O) groups is 3. The summed E-state index contributed by atoms with van der Waals surface area (Å²) in [5.41, 5.74) is -3.52. The van der Waals surface area contributed by atoms with Crippen LogP contribution in [0, 0.1) is 29.6 Å². The molecule has 1 N–H and O–H groups in total. The van der Waals surface area contributed by atoms with Crippen molar-refractivity contribution in [3.05, 3.63) is 0 Å². The molecule has 7 unspecified atom stereocenters. The molecule has 2 bridgehead atoms. The first-order chi connectivity index (χ1) is 15.6. The fraction of sp³-hybridized carbons (Fsp3) is 0.857. The number of alkyl halides is 3. The quantitative estimate of drug-likeness (QED) is 0.406. The Bertz CT molecular complexity index is 994. The maximum absolute atomic E-state index is 13.7. The van der Waals surface area contributed by atoms with Gasteiger partial charge in [-0.15, -0.1) is 0 Å². The second kappa shape index (κ2) is 8.07. The van der Waals surface area contributed by atoms with Gasteiger partial charge in [0, 0.05) is 12.0 Å². The predicted octanol–water partition coefficient (Wildman–Crippen LogP) is 1.95. The van der Waals surface area contributed by atoms with Gasteiger partial charge in [-0.05, 0) is 46.0 Å². The Kier molecular flexibility index (Phi) is 5.99. The highest BCUT2D eigenvalue weighted by atomic mass is 32.2. The zero-order valence-electron chi connectivity index (χ0n) is 18.9. The third kappa shape index (κ3) is 3.98. The molecule has 4 rings (SSSR count). The number of carbonyl (C=O) groups excluding carboxylic acids is 3. The number of hydrogen-bond donors (Lipinski definition) is 1. The summed E-state index contributed by atoms with van der Waals surface area (Å²) in [7, 11) is -5.16. The molecule has 0 aromatic carbocycles. The summed E-state index contributed by atoms with van der Waals surface area (Å²) < 4.78 is 83.1. The average molecular weight is 512 g/mol. The summed E-state index contributed by atoms with van der Waals surface area (Å²) in [5, 5.41) is 0. The molecule has 7 atom stereocenters. The van der Waals surface area contributed by atoms with E-state index in [2.05, 4.69) is 0 Å². The van der Waals surface area contributed by atoms with Crippen LogP contribution in [0.25, 0.3) is 0 Å². The molecule has 192 valence electrons. The first kappa shape index (κ1) is 25.2. The highest BCUT2D eigenvalue weighted by Crippen LogP contribution is 2.60. The molecule has 3 aliphatic carbocycles. The van der Waals surface area contributed by atoms with Crippen LogP contribution in [0.15, 0.2) is 0 Å². The van der Waals surface area contributed by atoms with Crippen LogP contribution < -0.4 is 0 Å². The Morgan fingerprint density at radius 3 is 2.26 bits per heavy atom. The predicted molar refractivity (Wildman–Crippen MR) is 109 cm³/mol. The van der Waals surface area contributed by atoms with Crippen molar-refractivity contribution in [3.8, 4) is 0 Å². The molecule has 4 fully saturated rings. The Balaban J connectivity index is 1.64. The molecule has 13 heteroatoms. The molecule has 0 radical (unpaired) electrons. The summed E-state index contributed by atoms with van der Waals surface area (Å²) in [5.74, 6) is -7.78. The maximum Gasteiger partial charge on any atom is 0.429 e. The highest BCUT2D eigenvalue weighted by Gasteiger charge is 2.72. The molecule has 1 heterocycles. The van der Waals surface area contributed by atoms with E-state index in [9.17, 15) is 36.0 Å². The van der Waals surface area contributed by atoms with Crippen molar-refractivity contribution in [2.45, 2.75) is 76.4 Å².